The van der Waals surface area contributed by atoms with Gasteiger partial charge in [0.05, 0.1) is 22.7 Å². The molecule has 1 aliphatic heterocycles. The Kier molecular flexibility index (Phi) is 4.09. The minimum atomic E-state index is -3.19. The summed E-state index contributed by atoms with van der Waals surface area (Å²) in [5.41, 5.74) is 0. The number of sulfone groups is 1. The van der Waals surface area contributed by atoms with Crippen LogP contribution in [0.5, 0.6) is 0 Å². The lowest BCUT2D eigenvalue weighted by Crippen LogP contribution is -2.44. The maximum absolute atomic E-state index is 12.3. The highest BCUT2D eigenvalue weighted by atomic mass is 32.2. The van der Waals surface area contributed by atoms with Crippen molar-refractivity contribution in [3.05, 3.63) is 16.1 Å². The topological polar surface area (TPSA) is 105 Å². The number of rotatable bonds is 4. The molecule has 1 aromatic rings. The summed E-state index contributed by atoms with van der Waals surface area (Å²) in [6, 6.07) is -0.578. The maximum Gasteiger partial charge on any atom is 0.323 e. The minimum absolute atomic E-state index is 0.0111. The van der Waals surface area contributed by atoms with E-state index in [9.17, 15) is 18.0 Å². The van der Waals surface area contributed by atoms with Crippen molar-refractivity contribution in [2.45, 2.75) is 19.4 Å². The monoisotopic (exact) mass is 318 g/mol. The van der Waals surface area contributed by atoms with Gasteiger partial charge in [0.1, 0.15) is 11.4 Å². The fourth-order valence-corrected chi connectivity index (χ4v) is 4.60. The van der Waals surface area contributed by atoms with Gasteiger partial charge in [-0.2, -0.15) is 0 Å². The standard InChI is InChI=1S/C11H14N2O5S2/c1-7-12-4-9(19-7)11(16)13(5-10(14)15)8-2-3-20(17,18)6-8/h4,8H,2-3,5-6H2,1H3,(H,14,15). The Morgan fingerprint density at radius 3 is 2.70 bits per heavy atom. The lowest BCUT2D eigenvalue weighted by atomic mass is 10.2. The van der Waals surface area contributed by atoms with Crippen LogP contribution < -0.4 is 0 Å². The Morgan fingerprint density at radius 2 is 2.25 bits per heavy atom. The van der Waals surface area contributed by atoms with Crippen molar-refractivity contribution in [2.24, 2.45) is 0 Å². The molecule has 1 fully saturated rings. The summed E-state index contributed by atoms with van der Waals surface area (Å²) in [4.78, 5) is 28.7. The van der Waals surface area contributed by atoms with E-state index in [1.165, 1.54) is 17.5 Å². The summed E-state index contributed by atoms with van der Waals surface area (Å²) in [5.74, 6) is -1.82. The van der Waals surface area contributed by atoms with Crippen molar-refractivity contribution in [3.63, 3.8) is 0 Å². The molecule has 0 saturated carbocycles. The van der Waals surface area contributed by atoms with Gasteiger partial charge < -0.3 is 10.0 Å². The Labute approximate surface area is 120 Å². The van der Waals surface area contributed by atoms with Crippen molar-refractivity contribution in [3.8, 4) is 0 Å². The normalized spacial score (nSPS) is 20.8. The van der Waals surface area contributed by atoms with Crippen LogP contribution in [0.3, 0.4) is 0 Å². The first kappa shape index (κ1) is 14.9. The number of hydrogen-bond donors (Lipinski definition) is 1. The van der Waals surface area contributed by atoms with Crippen LogP contribution in [0, 0.1) is 6.92 Å². The molecule has 20 heavy (non-hydrogen) atoms. The molecule has 2 heterocycles. The highest BCUT2D eigenvalue weighted by molar-refractivity contribution is 7.91. The molecule has 110 valence electrons. The van der Waals surface area contributed by atoms with E-state index in [4.69, 9.17) is 5.11 Å². The molecular weight excluding hydrogens is 304 g/mol. The Balaban J connectivity index is 2.24. The molecule has 0 aliphatic carbocycles. The molecular formula is C11H14N2O5S2. The fourth-order valence-electron chi connectivity index (χ4n) is 2.14. The van der Waals surface area contributed by atoms with Crippen LogP contribution in [-0.2, 0) is 14.6 Å². The first-order chi connectivity index (χ1) is 9.28. The van der Waals surface area contributed by atoms with Gasteiger partial charge in [-0.1, -0.05) is 0 Å². The highest BCUT2D eigenvalue weighted by Crippen LogP contribution is 2.22. The number of carboxylic acid groups (broad SMARTS) is 1. The lowest BCUT2D eigenvalue weighted by molar-refractivity contribution is -0.138. The first-order valence-corrected chi connectivity index (χ1v) is 8.58. The third-order valence-electron chi connectivity index (χ3n) is 3.05. The number of hydrogen-bond acceptors (Lipinski definition) is 6. The quantitative estimate of drug-likeness (QED) is 0.848. The third kappa shape index (κ3) is 3.34. The molecule has 0 bridgehead atoms. The van der Waals surface area contributed by atoms with Gasteiger partial charge in [-0.15, -0.1) is 11.3 Å². The number of carbonyl (C=O) groups excluding carboxylic acids is 1. The zero-order valence-electron chi connectivity index (χ0n) is 10.8. The van der Waals surface area contributed by atoms with E-state index in [-0.39, 0.29) is 17.9 Å². The molecule has 0 aromatic carbocycles. The van der Waals surface area contributed by atoms with Crippen LogP contribution in [0.25, 0.3) is 0 Å². The maximum atomic E-state index is 12.3. The number of nitrogens with zero attached hydrogens (tertiary/aromatic N) is 2. The molecule has 0 spiro atoms. The van der Waals surface area contributed by atoms with E-state index in [1.54, 1.807) is 6.92 Å². The number of aliphatic carboxylic acids is 1. The van der Waals surface area contributed by atoms with Gasteiger partial charge in [-0.25, -0.2) is 13.4 Å². The van der Waals surface area contributed by atoms with Crippen LogP contribution in [0.1, 0.15) is 21.1 Å². The van der Waals surface area contributed by atoms with Gasteiger partial charge in [0, 0.05) is 6.04 Å². The largest absolute Gasteiger partial charge is 0.480 e. The molecule has 2 rings (SSSR count). The predicted octanol–water partition coefficient (Wildman–Crippen LogP) is 0.165. The van der Waals surface area contributed by atoms with Crippen LogP contribution in [0.4, 0.5) is 0 Å². The molecule has 1 N–H and O–H groups in total. The van der Waals surface area contributed by atoms with Crippen LogP contribution in [-0.4, -0.2) is 59.4 Å². The molecule has 1 saturated heterocycles. The second-order valence-corrected chi connectivity index (χ2v) is 8.09. The van der Waals surface area contributed by atoms with Gasteiger partial charge >= 0.3 is 5.97 Å². The fraction of sp³-hybridized carbons (Fsp3) is 0.545. The molecule has 1 atom stereocenters. The third-order valence-corrected chi connectivity index (χ3v) is 5.70. The predicted molar refractivity (Wildman–Crippen MR) is 72.6 cm³/mol. The van der Waals surface area contributed by atoms with E-state index in [0.29, 0.717) is 9.88 Å². The van der Waals surface area contributed by atoms with Gasteiger partial charge in [-0.3, -0.25) is 9.59 Å². The van der Waals surface area contributed by atoms with Crippen molar-refractivity contribution in [1.29, 1.82) is 0 Å². The second kappa shape index (κ2) is 5.49. The summed E-state index contributed by atoms with van der Waals surface area (Å²) in [6.07, 6.45) is 1.67. The van der Waals surface area contributed by atoms with Crippen molar-refractivity contribution < 1.29 is 23.1 Å². The molecule has 1 unspecified atom stereocenters. The van der Waals surface area contributed by atoms with E-state index in [0.717, 1.165) is 4.90 Å². The summed E-state index contributed by atoms with van der Waals surface area (Å²) in [5, 5.41) is 9.62. The summed E-state index contributed by atoms with van der Waals surface area (Å²) in [7, 11) is -3.19. The zero-order chi connectivity index (χ0) is 14.9. The SMILES string of the molecule is Cc1ncc(C(=O)N(CC(=O)O)C2CCS(=O)(=O)C2)s1. The number of aryl methyl sites for hydroxylation is 1. The number of aromatic nitrogens is 1. The first-order valence-electron chi connectivity index (χ1n) is 5.94. The van der Waals surface area contributed by atoms with Gasteiger partial charge in [0.15, 0.2) is 9.84 Å². The number of thiazole rings is 1. The van der Waals surface area contributed by atoms with E-state index in [1.807, 2.05) is 0 Å². The molecule has 1 aliphatic rings. The smallest absolute Gasteiger partial charge is 0.323 e. The number of carbonyl (C=O) groups is 2. The van der Waals surface area contributed by atoms with Crippen LogP contribution >= 0.6 is 11.3 Å². The lowest BCUT2D eigenvalue weighted by Gasteiger charge is -2.25. The summed E-state index contributed by atoms with van der Waals surface area (Å²) in [6.45, 7) is 1.24. The van der Waals surface area contributed by atoms with E-state index in [2.05, 4.69) is 4.98 Å². The van der Waals surface area contributed by atoms with E-state index >= 15 is 0 Å². The Hall–Kier alpha value is -1.48. The average molecular weight is 318 g/mol. The molecule has 1 aromatic heterocycles. The van der Waals surface area contributed by atoms with Crippen molar-refractivity contribution in [1.82, 2.24) is 9.88 Å². The zero-order valence-corrected chi connectivity index (χ0v) is 12.4. The molecule has 1 amide bonds. The van der Waals surface area contributed by atoms with E-state index < -0.39 is 34.3 Å². The number of amides is 1. The van der Waals surface area contributed by atoms with Crippen molar-refractivity contribution >= 4 is 33.1 Å². The molecule has 7 nitrogen and oxygen atoms in total. The van der Waals surface area contributed by atoms with Gasteiger partial charge in [0.2, 0.25) is 0 Å². The summed E-state index contributed by atoms with van der Waals surface area (Å²) < 4.78 is 23.0. The Morgan fingerprint density at radius 1 is 1.55 bits per heavy atom. The summed E-state index contributed by atoms with van der Waals surface area (Å²) >= 11 is 1.17. The minimum Gasteiger partial charge on any atom is -0.480 e. The second-order valence-electron chi connectivity index (χ2n) is 4.63. The van der Waals surface area contributed by atoms with Crippen LogP contribution in [0.2, 0.25) is 0 Å². The Bertz CT molecular complexity index is 637. The van der Waals surface area contributed by atoms with Crippen LogP contribution in [0.15, 0.2) is 6.20 Å². The average Bonchev–Trinajstić information content (AvgIpc) is 2.91. The van der Waals surface area contributed by atoms with Gasteiger partial charge in [-0.05, 0) is 13.3 Å². The molecule has 0 radical (unpaired) electrons. The van der Waals surface area contributed by atoms with Gasteiger partial charge in [0.25, 0.3) is 5.91 Å². The highest BCUT2D eigenvalue weighted by Gasteiger charge is 2.36. The number of carboxylic acids is 1. The molecule has 9 heteroatoms. The van der Waals surface area contributed by atoms with Crippen molar-refractivity contribution in [2.75, 3.05) is 18.1 Å².